The van der Waals surface area contributed by atoms with Gasteiger partial charge >= 0.3 is 6.09 Å². The van der Waals surface area contributed by atoms with Crippen molar-refractivity contribution in [1.29, 1.82) is 0 Å². The monoisotopic (exact) mass is 407 g/mol. The molecule has 1 heterocycles. The Morgan fingerprint density at radius 2 is 1.27 bits per heavy atom. The van der Waals surface area contributed by atoms with Crippen molar-refractivity contribution in [2.45, 2.75) is 37.8 Å². The quantitative estimate of drug-likeness (QED) is 0.794. The van der Waals surface area contributed by atoms with E-state index in [1.807, 2.05) is 41.3 Å². The van der Waals surface area contributed by atoms with Gasteiger partial charge in [0.1, 0.15) is 0 Å². The highest BCUT2D eigenvalue weighted by Crippen LogP contribution is 2.33. The highest BCUT2D eigenvalue weighted by molar-refractivity contribution is 5.95. The van der Waals surface area contributed by atoms with Gasteiger partial charge in [-0.05, 0) is 61.1 Å². The molecule has 30 heavy (non-hydrogen) atoms. The summed E-state index contributed by atoms with van der Waals surface area (Å²) in [5.41, 5.74) is 8.28. The number of piperidine rings is 1. The van der Waals surface area contributed by atoms with E-state index < -0.39 is 12.0 Å². The van der Waals surface area contributed by atoms with Crippen LogP contribution in [0.2, 0.25) is 0 Å². The topological polar surface area (TPSA) is 104 Å². The van der Waals surface area contributed by atoms with Crippen LogP contribution in [0.15, 0.2) is 48.5 Å². The number of likely N-dealkylation sites (tertiary alicyclic amines) is 1. The molecule has 2 aromatic carbocycles. The van der Waals surface area contributed by atoms with Crippen LogP contribution in [-0.4, -0.2) is 58.0 Å². The second-order valence-electron chi connectivity index (χ2n) is 7.96. The largest absolute Gasteiger partial charge is 0.465 e. The van der Waals surface area contributed by atoms with Crippen molar-refractivity contribution >= 4 is 17.9 Å². The first-order valence-corrected chi connectivity index (χ1v) is 10.2. The van der Waals surface area contributed by atoms with Crippen molar-refractivity contribution in [3.63, 3.8) is 0 Å². The van der Waals surface area contributed by atoms with Crippen molar-refractivity contribution in [2.24, 2.45) is 5.73 Å². The molecule has 1 saturated heterocycles. The van der Waals surface area contributed by atoms with E-state index >= 15 is 0 Å². The van der Waals surface area contributed by atoms with Crippen molar-refractivity contribution in [1.82, 2.24) is 9.80 Å². The van der Waals surface area contributed by atoms with Crippen LogP contribution in [0.5, 0.6) is 0 Å². The molecular weight excluding hydrogens is 382 g/mol. The third kappa shape index (κ3) is 4.15. The first-order chi connectivity index (χ1) is 14.4. The molecule has 0 unspecified atom stereocenters. The maximum absolute atomic E-state index is 13.3. The predicted octanol–water partition coefficient (Wildman–Crippen LogP) is 3.20. The average Bonchev–Trinajstić information content (AvgIpc) is 3.59. The zero-order chi connectivity index (χ0) is 21.3. The van der Waals surface area contributed by atoms with E-state index in [4.69, 9.17) is 10.8 Å². The van der Waals surface area contributed by atoms with E-state index in [0.717, 1.165) is 24.0 Å². The van der Waals surface area contributed by atoms with Crippen LogP contribution in [0.4, 0.5) is 4.79 Å². The Kier molecular flexibility index (Phi) is 5.44. The van der Waals surface area contributed by atoms with Crippen LogP contribution < -0.4 is 5.73 Å². The molecular formula is C23H25N3O4. The van der Waals surface area contributed by atoms with Gasteiger partial charge in [-0.15, -0.1) is 0 Å². The van der Waals surface area contributed by atoms with E-state index in [1.54, 1.807) is 12.1 Å². The normalized spacial score (nSPS) is 16.9. The van der Waals surface area contributed by atoms with Crippen LogP contribution >= 0.6 is 0 Å². The molecule has 1 aliphatic carbocycles. The number of benzene rings is 2. The zero-order valence-electron chi connectivity index (χ0n) is 16.7. The fourth-order valence-corrected chi connectivity index (χ4v) is 4.10. The van der Waals surface area contributed by atoms with Crippen LogP contribution in [0.25, 0.3) is 11.1 Å². The molecule has 0 atom stereocenters. The van der Waals surface area contributed by atoms with Crippen molar-refractivity contribution in [2.75, 3.05) is 13.1 Å². The number of hydrogen-bond donors (Lipinski definition) is 2. The summed E-state index contributed by atoms with van der Waals surface area (Å²) in [6.45, 7) is 0.938. The highest BCUT2D eigenvalue weighted by Gasteiger charge is 2.39. The van der Waals surface area contributed by atoms with Crippen LogP contribution in [0.1, 0.15) is 46.4 Å². The number of carbonyl (C=O) groups is 3. The number of hydrogen-bond acceptors (Lipinski definition) is 3. The number of rotatable bonds is 5. The standard InChI is InChI=1S/C23H25N3O4/c24-21(27)17-5-1-15(2-6-17)16-3-7-18(8-4-16)22(28)26(19-9-10-19)20-11-13-25(14-12-20)23(29)30/h1-8,19-20H,9-14H2,(H2,24,27)(H,29,30). The molecule has 7 nitrogen and oxygen atoms in total. The molecule has 0 radical (unpaired) electrons. The number of primary amides is 1. The second kappa shape index (κ2) is 8.18. The summed E-state index contributed by atoms with van der Waals surface area (Å²) in [7, 11) is 0. The Morgan fingerprint density at radius 3 is 1.70 bits per heavy atom. The van der Waals surface area contributed by atoms with E-state index in [-0.39, 0.29) is 18.0 Å². The fraction of sp³-hybridized carbons (Fsp3) is 0.348. The van der Waals surface area contributed by atoms with Gasteiger partial charge in [0.05, 0.1) is 0 Å². The summed E-state index contributed by atoms with van der Waals surface area (Å²) >= 11 is 0. The molecule has 0 spiro atoms. The molecule has 1 saturated carbocycles. The van der Waals surface area contributed by atoms with Gasteiger partial charge in [0.2, 0.25) is 5.91 Å². The SMILES string of the molecule is NC(=O)c1ccc(-c2ccc(C(=O)N(C3CC3)C3CCN(C(=O)O)CC3)cc2)cc1. The molecule has 156 valence electrons. The molecule has 3 amide bonds. The summed E-state index contributed by atoms with van der Waals surface area (Å²) in [5, 5.41) is 9.16. The first kappa shape index (κ1) is 19.9. The Hall–Kier alpha value is -3.35. The molecule has 4 rings (SSSR count). The molecule has 3 N–H and O–H groups in total. The maximum atomic E-state index is 13.3. The Balaban J connectivity index is 1.48. The summed E-state index contributed by atoms with van der Waals surface area (Å²) in [5.74, 6) is -0.446. The minimum absolute atomic E-state index is 0.0156. The predicted molar refractivity (Wildman–Crippen MR) is 112 cm³/mol. The number of amides is 3. The van der Waals surface area contributed by atoms with Crippen LogP contribution in [0, 0.1) is 0 Å². The summed E-state index contributed by atoms with van der Waals surface area (Å²) < 4.78 is 0. The molecule has 0 aromatic heterocycles. The number of carboxylic acid groups (broad SMARTS) is 1. The lowest BCUT2D eigenvalue weighted by Crippen LogP contribution is -2.49. The second-order valence-corrected chi connectivity index (χ2v) is 7.96. The Morgan fingerprint density at radius 1 is 0.800 bits per heavy atom. The summed E-state index contributed by atoms with van der Waals surface area (Å²) in [6, 6.07) is 14.9. The van der Waals surface area contributed by atoms with E-state index in [1.165, 1.54) is 4.90 Å². The number of carbonyl (C=O) groups excluding carboxylic acids is 2. The molecule has 7 heteroatoms. The van der Waals surface area contributed by atoms with E-state index in [0.29, 0.717) is 37.1 Å². The minimum Gasteiger partial charge on any atom is -0.465 e. The number of nitrogens with two attached hydrogens (primary N) is 1. The smallest absolute Gasteiger partial charge is 0.407 e. The zero-order valence-corrected chi connectivity index (χ0v) is 16.7. The summed E-state index contributed by atoms with van der Waals surface area (Å²) in [6.07, 6.45) is 2.49. The van der Waals surface area contributed by atoms with Crippen molar-refractivity contribution in [3.8, 4) is 11.1 Å². The van der Waals surface area contributed by atoms with E-state index in [2.05, 4.69) is 0 Å². The first-order valence-electron chi connectivity index (χ1n) is 10.2. The third-order valence-corrected chi connectivity index (χ3v) is 5.94. The molecule has 2 fully saturated rings. The van der Waals surface area contributed by atoms with Gasteiger partial charge in [-0.3, -0.25) is 9.59 Å². The molecule has 1 aliphatic heterocycles. The van der Waals surface area contributed by atoms with Gasteiger partial charge in [0.25, 0.3) is 5.91 Å². The van der Waals surface area contributed by atoms with Crippen LogP contribution in [-0.2, 0) is 0 Å². The number of nitrogens with zero attached hydrogens (tertiary/aromatic N) is 2. The average molecular weight is 407 g/mol. The highest BCUT2D eigenvalue weighted by atomic mass is 16.4. The van der Waals surface area contributed by atoms with Crippen molar-refractivity contribution in [3.05, 3.63) is 59.7 Å². The van der Waals surface area contributed by atoms with Gasteiger partial charge in [0, 0.05) is 36.3 Å². The van der Waals surface area contributed by atoms with Gasteiger partial charge in [-0.25, -0.2) is 4.79 Å². The fourth-order valence-electron chi connectivity index (χ4n) is 4.10. The Bertz CT molecular complexity index is 943. The van der Waals surface area contributed by atoms with Crippen molar-refractivity contribution < 1.29 is 19.5 Å². The lowest BCUT2D eigenvalue weighted by molar-refractivity contribution is 0.0551. The lowest BCUT2D eigenvalue weighted by Gasteiger charge is -2.38. The minimum atomic E-state index is -0.891. The Labute approximate surface area is 175 Å². The van der Waals surface area contributed by atoms with Crippen LogP contribution in [0.3, 0.4) is 0 Å². The van der Waals surface area contributed by atoms with Gasteiger partial charge in [0.15, 0.2) is 0 Å². The molecule has 0 bridgehead atoms. The van der Waals surface area contributed by atoms with Gasteiger partial charge in [-0.2, -0.15) is 0 Å². The molecule has 2 aliphatic rings. The maximum Gasteiger partial charge on any atom is 0.407 e. The molecule has 2 aromatic rings. The van der Waals surface area contributed by atoms with Gasteiger partial charge < -0.3 is 20.6 Å². The van der Waals surface area contributed by atoms with Gasteiger partial charge in [-0.1, -0.05) is 24.3 Å². The summed E-state index contributed by atoms with van der Waals surface area (Å²) in [4.78, 5) is 39.0. The third-order valence-electron chi connectivity index (χ3n) is 5.94. The van der Waals surface area contributed by atoms with E-state index in [9.17, 15) is 14.4 Å². The lowest BCUT2D eigenvalue weighted by atomic mass is 10.00.